The molecule has 4 nitrogen and oxygen atoms in total. The normalized spacial score (nSPS) is 9.40. The Morgan fingerprint density at radius 1 is 1.27 bits per heavy atom. The summed E-state index contributed by atoms with van der Waals surface area (Å²) in [7, 11) is 0. The summed E-state index contributed by atoms with van der Waals surface area (Å²) in [5.41, 5.74) is 0.578. The van der Waals surface area contributed by atoms with Crippen LogP contribution < -0.4 is 5.32 Å². The van der Waals surface area contributed by atoms with E-state index < -0.39 is 6.09 Å². The second-order valence-corrected chi connectivity index (χ2v) is 2.86. The number of ether oxygens (including phenoxy) is 1. The van der Waals surface area contributed by atoms with Gasteiger partial charge in [-0.25, -0.2) is 4.79 Å². The van der Waals surface area contributed by atoms with Gasteiger partial charge in [0, 0.05) is 5.56 Å². The van der Waals surface area contributed by atoms with Crippen LogP contribution in [0.1, 0.15) is 17.3 Å². The van der Waals surface area contributed by atoms with Crippen LogP contribution in [0.3, 0.4) is 0 Å². The van der Waals surface area contributed by atoms with Gasteiger partial charge in [-0.2, -0.15) is 0 Å². The Balaban J connectivity index is 2.40. The molecule has 0 saturated carbocycles. The number of amides is 1. The number of hydrogen-bond donors (Lipinski definition) is 1. The average Bonchev–Trinajstić information content (AvgIpc) is 2.27. The fraction of sp³-hybridized carbons (Fsp3) is 0.273. The summed E-state index contributed by atoms with van der Waals surface area (Å²) in [6.07, 6.45) is -0.568. The van der Waals surface area contributed by atoms with Crippen molar-refractivity contribution in [3.8, 4) is 0 Å². The van der Waals surface area contributed by atoms with Gasteiger partial charge in [-0.05, 0) is 6.92 Å². The molecule has 1 rings (SSSR count). The number of Topliss-reactive ketones (excluding diaryl/α,β-unsaturated/α-hetero) is 1. The molecule has 0 spiro atoms. The maximum atomic E-state index is 11.5. The minimum Gasteiger partial charge on any atom is -0.450 e. The molecular weight excluding hydrogens is 194 g/mol. The topological polar surface area (TPSA) is 55.4 Å². The Bertz CT molecular complexity index is 335. The van der Waals surface area contributed by atoms with Crippen molar-refractivity contribution in [2.75, 3.05) is 13.2 Å². The van der Waals surface area contributed by atoms with Gasteiger partial charge in [0.1, 0.15) is 0 Å². The van der Waals surface area contributed by atoms with Crippen LogP contribution in [0.4, 0.5) is 4.79 Å². The molecule has 0 heterocycles. The minimum absolute atomic E-state index is 0.0388. The zero-order valence-corrected chi connectivity index (χ0v) is 8.53. The van der Waals surface area contributed by atoms with Gasteiger partial charge < -0.3 is 10.1 Å². The number of alkyl carbamates (subject to hydrolysis) is 1. The summed E-state index contributed by atoms with van der Waals surface area (Å²) in [6.45, 7) is 1.97. The van der Waals surface area contributed by atoms with E-state index in [1.54, 1.807) is 31.2 Å². The van der Waals surface area contributed by atoms with Crippen molar-refractivity contribution >= 4 is 11.9 Å². The number of rotatable bonds is 4. The first kappa shape index (κ1) is 11.2. The summed E-state index contributed by atoms with van der Waals surface area (Å²) >= 11 is 0. The van der Waals surface area contributed by atoms with Crippen LogP contribution in [-0.4, -0.2) is 25.0 Å². The van der Waals surface area contributed by atoms with Crippen LogP contribution in [0.2, 0.25) is 0 Å². The molecule has 0 saturated heterocycles. The average molecular weight is 207 g/mol. The van der Waals surface area contributed by atoms with Gasteiger partial charge >= 0.3 is 6.09 Å². The van der Waals surface area contributed by atoms with Crippen molar-refractivity contribution in [1.82, 2.24) is 5.32 Å². The predicted octanol–water partition coefficient (Wildman–Crippen LogP) is 1.62. The standard InChI is InChI=1S/C11H13NO3/c1-2-15-11(14)12-8-10(13)9-6-4-3-5-7-9/h3-7H,2,8H2,1H3,(H,12,14). The third kappa shape index (κ3) is 3.81. The Labute approximate surface area is 88.2 Å². The molecule has 4 heteroatoms. The van der Waals surface area contributed by atoms with Crippen LogP contribution in [-0.2, 0) is 4.74 Å². The van der Waals surface area contributed by atoms with Gasteiger partial charge in [0.05, 0.1) is 13.2 Å². The fourth-order valence-electron chi connectivity index (χ4n) is 1.06. The second kappa shape index (κ2) is 5.80. The highest BCUT2D eigenvalue weighted by Gasteiger charge is 2.07. The lowest BCUT2D eigenvalue weighted by Gasteiger charge is -2.04. The maximum Gasteiger partial charge on any atom is 0.407 e. The molecular formula is C11H13NO3. The molecule has 0 bridgehead atoms. The van der Waals surface area contributed by atoms with Gasteiger partial charge in [-0.15, -0.1) is 0 Å². The van der Waals surface area contributed by atoms with E-state index in [9.17, 15) is 9.59 Å². The molecule has 0 aromatic heterocycles. The summed E-state index contributed by atoms with van der Waals surface area (Å²) < 4.78 is 4.63. The van der Waals surface area contributed by atoms with Gasteiger partial charge in [0.15, 0.2) is 5.78 Å². The zero-order valence-electron chi connectivity index (χ0n) is 8.53. The predicted molar refractivity (Wildman–Crippen MR) is 55.8 cm³/mol. The van der Waals surface area contributed by atoms with Gasteiger partial charge in [-0.1, -0.05) is 30.3 Å². The molecule has 1 aromatic rings. The lowest BCUT2D eigenvalue weighted by atomic mass is 10.1. The first-order valence-corrected chi connectivity index (χ1v) is 4.73. The van der Waals surface area contributed by atoms with E-state index in [0.29, 0.717) is 12.2 Å². The third-order valence-electron chi connectivity index (χ3n) is 1.76. The number of benzene rings is 1. The van der Waals surface area contributed by atoms with Crippen molar-refractivity contribution in [3.63, 3.8) is 0 Å². The minimum atomic E-state index is -0.568. The molecule has 80 valence electrons. The molecule has 0 aliphatic rings. The number of hydrogen-bond acceptors (Lipinski definition) is 3. The molecule has 0 fully saturated rings. The summed E-state index contributed by atoms with van der Waals surface area (Å²) in [4.78, 5) is 22.4. The van der Waals surface area contributed by atoms with Crippen molar-refractivity contribution in [2.24, 2.45) is 0 Å². The van der Waals surface area contributed by atoms with E-state index in [-0.39, 0.29) is 12.3 Å². The monoisotopic (exact) mass is 207 g/mol. The van der Waals surface area contributed by atoms with Crippen molar-refractivity contribution in [2.45, 2.75) is 6.92 Å². The van der Waals surface area contributed by atoms with Crippen molar-refractivity contribution in [1.29, 1.82) is 0 Å². The van der Waals surface area contributed by atoms with Crippen LogP contribution in [0.5, 0.6) is 0 Å². The molecule has 0 aliphatic heterocycles. The number of carbonyl (C=O) groups excluding carboxylic acids is 2. The van der Waals surface area contributed by atoms with Crippen molar-refractivity contribution in [3.05, 3.63) is 35.9 Å². The van der Waals surface area contributed by atoms with E-state index in [1.165, 1.54) is 0 Å². The Kier molecular flexibility index (Phi) is 4.34. The highest BCUT2D eigenvalue weighted by Crippen LogP contribution is 1.98. The van der Waals surface area contributed by atoms with E-state index in [0.717, 1.165) is 0 Å². The molecule has 0 radical (unpaired) electrons. The molecule has 0 atom stereocenters. The SMILES string of the molecule is CCOC(=O)NCC(=O)c1ccccc1. The third-order valence-corrected chi connectivity index (χ3v) is 1.76. The molecule has 0 unspecified atom stereocenters. The number of nitrogens with one attached hydrogen (secondary N) is 1. The van der Waals surface area contributed by atoms with E-state index >= 15 is 0 Å². The van der Waals surface area contributed by atoms with Crippen LogP contribution >= 0.6 is 0 Å². The molecule has 15 heavy (non-hydrogen) atoms. The summed E-state index contributed by atoms with van der Waals surface area (Å²) in [5.74, 6) is -0.136. The second-order valence-electron chi connectivity index (χ2n) is 2.86. The van der Waals surface area contributed by atoms with E-state index in [2.05, 4.69) is 10.1 Å². The van der Waals surface area contributed by atoms with Gasteiger partial charge in [0.25, 0.3) is 0 Å². The van der Waals surface area contributed by atoms with Crippen LogP contribution in [0.25, 0.3) is 0 Å². The molecule has 0 aliphatic carbocycles. The van der Waals surface area contributed by atoms with Crippen LogP contribution in [0, 0.1) is 0 Å². The molecule has 1 N–H and O–H groups in total. The van der Waals surface area contributed by atoms with Crippen molar-refractivity contribution < 1.29 is 14.3 Å². The molecule has 1 amide bonds. The Morgan fingerprint density at radius 2 is 1.93 bits per heavy atom. The fourth-order valence-corrected chi connectivity index (χ4v) is 1.06. The largest absolute Gasteiger partial charge is 0.450 e. The summed E-state index contributed by atoms with van der Waals surface area (Å²) in [5, 5.41) is 2.37. The number of ketones is 1. The first-order valence-electron chi connectivity index (χ1n) is 4.73. The van der Waals surface area contributed by atoms with Crippen LogP contribution in [0.15, 0.2) is 30.3 Å². The Hall–Kier alpha value is -1.84. The van der Waals surface area contributed by atoms with Gasteiger partial charge in [0.2, 0.25) is 0 Å². The highest BCUT2D eigenvalue weighted by molar-refractivity contribution is 5.98. The lowest BCUT2D eigenvalue weighted by molar-refractivity contribution is 0.0979. The number of carbonyl (C=O) groups is 2. The smallest absolute Gasteiger partial charge is 0.407 e. The highest BCUT2D eigenvalue weighted by atomic mass is 16.5. The lowest BCUT2D eigenvalue weighted by Crippen LogP contribution is -2.30. The molecule has 1 aromatic carbocycles. The first-order chi connectivity index (χ1) is 7.24. The van der Waals surface area contributed by atoms with E-state index in [1.807, 2.05) is 6.07 Å². The quantitative estimate of drug-likeness (QED) is 0.763. The maximum absolute atomic E-state index is 11.5. The van der Waals surface area contributed by atoms with Gasteiger partial charge in [-0.3, -0.25) is 4.79 Å². The zero-order chi connectivity index (χ0) is 11.1. The Morgan fingerprint density at radius 3 is 2.53 bits per heavy atom. The summed E-state index contributed by atoms with van der Waals surface area (Å²) in [6, 6.07) is 8.79. The van der Waals surface area contributed by atoms with E-state index in [4.69, 9.17) is 0 Å².